The van der Waals surface area contributed by atoms with Crippen LogP contribution >= 0.6 is 0 Å². The second-order valence-electron chi connectivity index (χ2n) is 6.41. The van der Waals surface area contributed by atoms with Gasteiger partial charge in [-0.25, -0.2) is 4.79 Å². The van der Waals surface area contributed by atoms with Crippen LogP contribution in [0.4, 0.5) is 0 Å². The van der Waals surface area contributed by atoms with Gasteiger partial charge in [0.15, 0.2) is 12.7 Å². The Bertz CT molecular complexity index is 901. The van der Waals surface area contributed by atoms with Crippen LogP contribution in [0.1, 0.15) is 32.1 Å². The summed E-state index contributed by atoms with van der Waals surface area (Å²) in [6, 6.07) is 18.2. The summed E-state index contributed by atoms with van der Waals surface area (Å²) < 4.78 is 16.5. The predicted molar refractivity (Wildman–Crippen MR) is 105 cm³/mol. The van der Waals surface area contributed by atoms with Gasteiger partial charge in [0.25, 0.3) is 5.91 Å². The molecule has 0 saturated carbocycles. The van der Waals surface area contributed by atoms with E-state index in [-0.39, 0.29) is 12.6 Å². The number of para-hydroxylation sites is 2. The van der Waals surface area contributed by atoms with Crippen molar-refractivity contribution in [1.29, 1.82) is 0 Å². The Morgan fingerprint density at radius 2 is 1.79 bits per heavy atom. The van der Waals surface area contributed by atoms with Crippen LogP contribution in [0.2, 0.25) is 0 Å². The summed E-state index contributed by atoms with van der Waals surface area (Å²) in [4.78, 5) is 24.4. The summed E-state index contributed by atoms with van der Waals surface area (Å²) in [6.07, 6.45) is -0.326. The Balaban J connectivity index is 1.50. The van der Waals surface area contributed by atoms with Gasteiger partial charge in [0, 0.05) is 5.39 Å². The van der Waals surface area contributed by atoms with E-state index in [1.165, 1.54) is 0 Å². The molecule has 0 aliphatic carbocycles. The number of fused-ring (bicyclic) bond motifs is 1. The number of carbonyl (C=O) groups excluding carboxylic acids is 2. The molecule has 1 heterocycles. The van der Waals surface area contributed by atoms with E-state index >= 15 is 0 Å². The van der Waals surface area contributed by atoms with Crippen molar-refractivity contribution in [2.24, 2.45) is 0 Å². The van der Waals surface area contributed by atoms with Crippen molar-refractivity contribution in [1.82, 2.24) is 5.32 Å². The van der Waals surface area contributed by atoms with Gasteiger partial charge in [0.1, 0.15) is 17.1 Å². The van der Waals surface area contributed by atoms with Crippen molar-refractivity contribution in [3.63, 3.8) is 0 Å². The zero-order valence-corrected chi connectivity index (χ0v) is 15.9. The van der Waals surface area contributed by atoms with E-state index in [1.54, 1.807) is 12.1 Å². The fraction of sp³-hybridized carbons (Fsp3) is 0.273. The molecular formula is C22H23NO5. The van der Waals surface area contributed by atoms with Crippen LogP contribution in [0.25, 0.3) is 11.0 Å². The Hall–Kier alpha value is -3.28. The molecule has 0 spiro atoms. The minimum atomic E-state index is -0.761. The molecule has 6 heteroatoms. The third kappa shape index (κ3) is 4.91. The van der Waals surface area contributed by atoms with Gasteiger partial charge in [-0.15, -0.1) is 0 Å². The maximum absolute atomic E-state index is 12.2. The first kappa shape index (κ1) is 19.5. The number of rotatable bonds is 8. The number of hydrogen-bond donors (Lipinski definition) is 1. The molecule has 2 aromatic carbocycles. The quantitative estimate of drug-likeness (QED) is 0.597. The molecule has 2 atom stereocenters. The van der Waals surface area contributed by atoms with Crippen LogP contribution in [-0.2, 0) is 14.3 Å². The number of amides is 1. The fourth-order valence-electron chi connectivity index (χ4n) is 2.76. The molecule has 0 radical (unpaired) electrons. The van der Waals surface area contributed by atoms with Crippen LogP contribution in [0.3, 0.4) is 0 Å². The van der Waals surface area contributed by atoms with Crippen LogP contribution in [-0.4, -0.2) is 24.6 Å². The highest BCUT2D eigenvalue weighted by molar-refractivity contribution is 5.83. The Morgan fingerprint density at radius 1 is 1.07 bits per heavy atom. The zero-order valence-electron chi connectivity index (χ0n) is 15.9. The van der Waals surface area contributed by atoms with E-state index in [9.17, 15) is 9.59 Å². The first-order chi connectivity index (χ1) is 13.6. The molecule has 1 aromatic heterocycles. The summed E-state index contributed by atoms with van der Waals surface area (Å²) in [6.45, 7) is 3.25. The Labute approximate surface area is 163 Å². The van der Waals surface area contributed by atoms with Gasteiger partial charge >= 0.3 is 5.97 Å². The van der Waals surface area contributed by atoms with Crippen molar-refractivity contribution in [2.45, 2.75) is 32.4 Å². The monoisotopic (exact) mass is 381 g/mol. The van der Waals surface area contributed by atoms with E-state index in [0.29, 0.717) is 17.9 Å². The molecule has 1 N–H and O–H groups in total. The largest absolute Gasteiger partial charge is 0.479 e. The Morgan fingerprint density at radius 3 is 2.50 bits per heavy atom. The molecule has 6 nitrogen and oxygen atoms in total. The number of carbonyl (C=O) groups is 2. The molecule has 28 heavy (non-hydrogen) atoms. The summed E-state index contributed by atoms with van der Waals surface area (Å²) in [5.74, 6) is 0.239. The number of ether oxygens (including phenoxy) is 2. The molecule has 0 aliphatic rings. The van der Waals surface area contributed by atoms with Gasteiger partial charge in [0.05, 0.1) is 6.04 Å². The van der Waals surface area contributed by atoms with Gasteiger partial charge in [-0.2, -0.15) is 0 Å². The van der Waals surface area contributed by atoms with Crippen molar-refractivity contribution < 1.29 is 23.5 Å². The van der Waals surface area contributed by atoms with Gasteiger partial charge in [-0.1, -0.05) is 43.3 Å². The molecule has 0 aliphatic heterocycles. The number of nitrogens with one attached hydrogen (secondary N) is 1. The first-order valence-electron chi connectivity index (χ1n) is 9.23. The van der Waals surface area contributed by atoms with Crippen LogP contribution in [0.15, 0.2) is 65.1 Å². The van der Waals surface area contributed by atoms with Gasteiger partial charge < -0.3 is 19.2 Å². The molecule has 0 saturated heterocycles. The van der Waals surface area contributed by atoms with Crippen molar-refractivity contribution >= 4 is 22.8 Å². The fourth-order valence-corrected chi connectivity index (χ4v) is 2.76. The highest BCUT2D eigenvalue weighted by Crippen LogP contribution is 2.23. The minimum Gasteiger partial charge on any atom is -0.479 e. The number of esters is 1. The van der Waals surface area contributed by atoms with E-state index in [2.05, 4.69) is 5.32 Å². The van der Waals surface area contributed by atoms with Crippen molar-refractivity contribution in [2.75, 3.05) is 6.61 Å². The highest BCUT2D eigenvalue weighted by Gasteiger charge is 2.22. The molecule has 3 rings (SSSR count). The highest BCUT2D eigenvalue weighted by atomic mass is 16.6. The maximum atomic E-state index is 12.2. The normalized spacial score (nSPS) is 12.9. The third-order valence-electron chi connectivity index (χ3n) is 4.25. The SMILES string of the molecule is CC[C@H](Oc1ccccc1)C(=O)OCC(=O)N[C@H](C)c1cc2ccccc2o1. The predicted octanol–water partition coefficient (Wildman–Crippen LogP) is 4.01. The molecule has 1 amide bonds. The minimum absolute atomic E-state index is 0.346. The second kappa shape index (κ2) is 9.08. The molecule has 146 valence electrons. The Kier molecular flexibility index (Phi) is 6.32. The third-order valence-corrected chi connectivity index (χ3v) is 4.25. The molecule has 3 aromatic rings. The lowest BCUT2D eigenvalue weighted by Gasteiger charge is -2.17. The molecular weight excluding hydrogens is 358 g/mol. The van der Waals surface area contributed by atoms with E-state index in [0.717, 1.165) is 11.0 Å². The van der Waals surface area contributed by atoms with Gasteiger partial charge in [0.2, 0.25) is 0 Å². The smallest absolute Gasteiger partial charge is 0.347 e. The topological polar surface area (TPSA) is 77.8 Å². The first-order valence-corrected chi connectivity index (χ1v) is 9.23. The van der Waals surface area contributed by atoms with E-state index < -0.39 is 18.0 Å². The average Bonchev–Trinajstić information content (AvgIpc) is 3.15. The average molecular weight is 381 g/mol. The lowest BCUT2D eigenvalue weighted by molar-refractivity contribution is -0.155. The summed E-state index contributed by atoms with van der Waals surface area (Å²) in [7, 11) is 0. The summed E-state index contributed by atoms with van der Waals surface area (Å²) >= 11 is 0. The van der Waals surface area contributed by atoms with Crippen LogP contribution in [0, 0.1) is 0 Å². The van der Waals surface area contributed by atoms with Gasteiger partial charge in [-0.3, -0.25) is 4.79 Å². The lowest BCUT2D eigenvalue weighted by atomic mass is 10.2. The zero-order chi connectivity index (χ0) is 19.9. The van der Waals surface area contributed by atoms with Gasteiger partial charge in [-0.05, 0) is 37.6 Å². The number of furan rings is 1. The summed E-state index contributed by atoms with van der Waals surface area (Å²) in [5.41, 5.74) is 0.758. The number of hydrogen-bond acceptors (Lipinski definition) is 5. The molecule has 0 bridgehead atoms. The van der Waals surface area contributed by atoms with Crippen molar-refractivity contribution in [3.8, 4) is 5.75 Å². The second-order valence-corrected chi connectivity index (χ2v) is 6.41. The van der Waals surface area contributed by atoms with E-state index in [1.807, 2.05) is 62.4 Å². The lowest BCUT2D eigenvalue weighted by Crippen LogP contribution is -2.35. The number of benzene rings is 2. The van der Waals surface area contributed by atoms with Crippen LogP contribution < -0.4 is 10.1 Å². The maximum Gasteiger partial charge on any atom is 0.347 e. The summed E-state index contributed by atoms with van der Waals surface area (Å²) in [5, 5.41) is 3.73. The van der Waals surface area contributed by atoms with E-state index in [4.69, 9.17) is 13.9 Å². The molecule has 0 unspecified atom stereocenters. The van der Waals surface area contributed by atoms with Crippen molar-refractivity contribution in [3.05, 3.63) is 66.4 Å². The van der Waals surface area contributed by atoms with Crippen LogP contribution in [0.5, 0.6) is 5.75 Å². The molecule has 0 fully saturated rings. The standard InChI is InChI=1S/C22H23NO5/c1-3-18(27-17-10-5-4-6-11-17)22(25)26-14-21(24)23-15(2)20-13-16-9-7-8-12-19(16)28-20/h4-13,15,18H,3,14H2,1-2H3,(H,23,24)/t15-,18+/m1/s1.